The first-order valence-electron chi connectivity index (χ1n) is 7.88. The van der Waals surface area contributed by atoms with Crippen molar-refractivity contribution >= 4 is 11.8 Å². The highest BCUT2D eigenvalue weighted by Crippen LogP contribution is 2.53. The van der Waals surface area contributed by atoms with Crippen molar-refractivity contribution in [2.75, 3.05) is 19.6 Å². The van der Waals surface area contributed by atoms with E-state index < -0.39 is 17.8 Å². The highest BCUT2D eigenvalue weighted by Gasteiger charge is 2.45. The molecule has 8 heteroatoms. The van der Waals surface area contributed by atoms with Crippen LogP contribution >= 0.6 is 0 Å². The summed E-state index contributed by atoms with van der Waals surface area (Å²) in [6.45, 7) is 1.25. The van der Waals surface area contributed by atoms with Crippen LogP contribution in [0.25, 0.3) is 0 Å². The van der Waals surface area contributed by atoms with Crippen LogP contribution in [0, 0.1) is 5.41 Å². The number of nitrogens with zero attached hydrogens (tertiary/aromatic N) is 2. The fourth-order valence-corrected chi connectivity index (χ4v) is 2.97. The molecule has 1 spiro atoms. The van der Waals surface area contributed by atoms with E-state index in [0.29, 0.717) is 18.5 Å². The Hall–Kier alpha value is -2.12. The van der Waals surface area contributed by atoms with Crippen LogP contribution in [0.15, 0.2) is 18.3 Å². The third-order valence-electron chi connectivity index (χ3n) is 4.85. The normalized spacial score (nSPS) is 19.2. The highest BCUT2D eigenvalue weighted by molar-refractivity contribution is 5.96. The molecule has 2 fully saturated rings. The lowest BCUT2D eigenvalue weighted by molar-refractivity contribution is -0.141. The van der Waals surface area contributed by atoms with Crippen LogP contribution in [-0.4, -0.2) is 41.3 Å². The van der Waals surface area contributed by atoms with Gasteiger partial charge in [0.2, 0.25) is 5.91 Å². The molecule has 2 aliphatic rings. The number of hydrogen-bond donors (Lipinski definition) is 1. The molecule has 0 unspecified atom stereocenters. The smallest absolute Gasteiger partial charge is 0.343 e. The standard InChI is InChI=1S/C16H18F3N3O2/c17-16(18,19)12-2-1-11(9-20-12)14(24)21-10-13(23)22-7-5-15(3-4-15)6-8-22/h1-2,9H,3-8,10H2,(H,21,24). The quantitative estimate of drug-likeness (QED) is 0.917. The molecule has 2 heterocycles. The molecule has 2 amide bonds. The molecule has 0 radical (unpaired) electrons. The number of nitrogens with one attached hydrogen (secondary N) is 1. The minimum atomic E-state index is -4.54. The van der Waals surface area contributed by atoms with E-state index in [4.69, 9.17) is 0 Å². The maximum absolute atomic E-state index is 12.4. The van der Waals surface area contributed by atoms with Gasteiger partial charge in [0, 0.05) is 19.3 Å². The van der Waals surface area contributed by atoms with Crippen LogP contribution in [0.1, 0.15) is 41.7 Å². The van der Waals surface area contributed by atoms with E-state index in [9.17, 15) is 22.8 Å². The lowest BCUT2D eigenvalue weighted by Crippen LogP contribution is -2.44. The van der Waals surface area contributed by atoms with Crippen molar-refractivity contribution in [3.63, 3.8) is 0 Å². The van der Waals surface area contributed by atoms with Gasteiger partial charge in [0.1, 0.15) is 5.69 Å². The zero-order valence-electron chi connectivity index (χ0n) is 13.0. The lowest BCUT2D eigenvalue weighted by Gasteiger charge is -2.32. The first kappa shape index (κ1) is 16.7. The molecule has 5 nitrogen and oxygen atoms in total. The summed E-state index contributed by atoms with van der Waals surface area (Å²) in [6.07, 6.45) is 0.822. The largest absolute Gasteiger partial charge is 0.433 e. The van der Waals surface area contributed by atoms with Crippen molar-refractivity contribution in [2.45, 2.75) is 31.9 Å². The first-order valence-corrected chi connectivity index (χ1v) is 7.88. The molecule has 1 aliphatic heterocycles. The van der Waals surface area contributed by atoms with Crippen molar-refractivity contribution in [1.82, 2.24) is 15.2 Å². The molecule has 0 aromatic carbocycles. The zero-order chi connectivity index (χ0) is 17.4. The number of halogens is 3. The maximum Gasteiger partial charge on any atom is 0.433 e. The second-order valence-corrected chi connectivity index (χ2v) is 6.49. The number of aromatic nitrogens is 1. The van der Waals surface area contributed by atoms with Crippen LogP contribution < -0.4 is 5.32 Å². The average molecular weight is 341 g/mol. The third kappa shape index (κ3) is 3.68. The Kier molecular flexibility index (Phi) is 4.23. The summed E-state index contributed by atoms with van der Waals surface area (Å²) in [5.41, 5.74) is -0.602. The molecule has 1 saturated heterocycles. The Balaban J connectivity index is 1.49. The van der Waals surface area contributed by atoms with Gasteiger partial charge in [0.25, 0.3) is 5.91 Å². The van der Waals surface area contributed by atoms with Crippen LogP contribution in [0.3, 0.4) is 0 Å². The summed E-state index contributed by atoms with van der Waals surface area (Å²) >= 11 is 0. The monoisotopic (exact) mass is 341 g/mol. The van der Waals surface area contributed by atoms with E-state index in [0.717, 1.165) is 31.2 Å². The summed E-state index contributed by atoms with van der Waals surface area (Å²) in [7, 11) is 0. The van der Waals surface area contributed by atoms with Gasteiger partial charge in [-0.2, -0.15) is 13.2 Å². The number of pyridine rings is 1. The molecule has 1 N–H and O–H groups in total. The number of hydrogen-bond acceptors (Lipinski definition) is 3. The van der Waals surface area contributed by atoms with Crippen molar-refractivity contribution in [1.29, 1.82) is 0 Å². The van der Waals surface area contributed by atoms with Gasteiger partial charge in [-0.3, -0.25) is 14.6 Å². The Morgan fingerprint density at radius 1 is 1.17 bits per heavy atom. The maximum atomic E-state index is 12.4. The number of likely N-dealkylation sites (tertiary alicyclic amines) is 1. The number of carbonyl (C=O) groups is 2. The van der Waals surface area contributed by atoms with E-state index in [-0.39, 0.29) is 18.0 Å². The molecular formula is C16H18F3N3O2. The van der Waals surface area contributed by atoms with Gasteiger partial charge in [-0.1, -0.05) is 0 Å². The Morgan fingerprint density at radius 2 is 1.83 bits per heavy atom. The molecule has 0 bridgehead atoms. The molecular weight excluding hydrogens is 323 g/mol. The van der Waals surface area contributed by atoms with Crippen molar-refractivity contribution in [2.24, 2.45) is 5.41 Å². The van der Waals surface area contributed by atoms with Gasteiger partial charge in [-0.05, 0) is 43.2 Å². The van der Waals surface area contributed by atoms with E-state index in [1.54, 1.807) is 4.90 Å². The molecule has 3 rings (SSSR count). The SMILES string of the molecule is O=C(NCC(=O)N1CCC2(CC1)CC2)c1ccc(C(F)(F)F)nc1. The summed E-state index contributed by atoms with van der Waals surface area (Å²) in [5, 5.41) is 2.44. The van der Waals surface area contributed by atoms with Crippen molar-refractivity contribution in [3.8, 4) is 0 Å². The summed E-state index contributed by atoms with van der Waals surface area (Å²) in [5.74, 6) is -0.779. The third-order valence-corrected chi connectivity index (χ3v) is 4.85. The van der Waals surface area contributed by atoms with Crippen LogP contribution in [0.2, 0.25) is 0 Å². The van der Waals surface area contributed by atoms with Gasteiger partial charge in [0.05, 0.1) is 12.1 Å². The summed E-state index contributed by atoms with van der Waals surface area (Å²) < 4.78 is 37.3. The van der Waals surface area contributed by atoms with Crippen LogP contribution in [0.5, 0.6) is 0 Å². The van der Waals surface area contributed by atoms with Crippen LogP contribution in [-0.2, 0) is 11.0 Å². The average Bonchev–Trinajstić information content (AvgIpc) is 3.31. The van der Waals surface area contributed by atoms with Crippen molar-refractivity contribution in [3.05, 3.63) is 29.6 Å². The van der Waals surface area contributed by atoms with Gasteiger partial charge in [0.15, 0.2) is 0 Å². The van der Waals surface area contributed by atoms with E-state index in [1.165, 1.54) is 12.8 Å². The predicted molar refractivity (Wildman–Crippen MR) is 79.1 cm³/mol. The minimum absolute atomic E-state index is 0.00798. The van der Waals surface area contributed by atoms with E-state index in [1.807, 2.05) is 0 Å². The van der Waals surface area contributed by atoms with Gasteiger partial charge < -0.3 is 10.2 Å². The highest BCUT2D eigenvalue weighted by atomic mass is 19.4. The minimum Gasteiger partial charge on any atom is -0.343 e. The first-order chi connectivity index (χ1) is 11.3. The summed E-state index contributed by atoms with van der Waals surface area (Å²) in [4.78, 5) is 29.0. The number of alkyl halides is 3. The van der Waals surface area contributed by atoms with Crippen LogP contribution in [0.4, 0.5) is 13.2 Å². The number of piperidine rings is 1. The molecule has 1 saturated carbocycles. The van der Waals surface area contributed by atoms with E-state index >= 15 is 0 Å². The molecule has 0 atom stereocenters. The number of amides is 2. The molecule has 1 aromatic heterocycles. The van der Waals surface area contributed by atoms with E-state index in [2.05, 4.69) is 10.3 Å². The molecule has 1 aromatic rings. The topological polar surface area (TPSA) is 62.3 Å². The van der Waals surface area contributed by atoms with Gasteiger partial charge in [-0.15, -0.1) is 0 Å². The Morgan fingerprint density at radius 3 is 2.33 bits per heavy atom. The fraction of sp³-hybridized carbons (Fsp3) is 0.562. The fourth-order valence-electron chi connectivity index (χ4n) is 2.97. The lowest BCUT2D eigenvalue weighted by atomic mass is 9.94. The molecule has 1 aliphatic carbocycles. The van der Waals surface area contributed by atoms with Gasteiger partial charge >= 0.3 is 6.18 Å². The predicted octanol–water partition coefficient (Wildman–Crippen LogP) is 2.23. The summed E-state index contributed by atoms with van der Waals surface area (Å²) in [6, 6.07) is 1.80. The Bertz CT molecular complexity index is 629. The second-order valence-electron chi connectivity index (χ2n) is 6.49. The van der Waals surface area contributed by atoms with Gasteiger partial charge in [-0.25, -0.2) is 0 Å². The molecule has 24 heavy (non-hydrogen) atoms. The molecule has 130 valence electrons. The second kappa shape index (κ2) is 6.07. The number of carbonyl (C=O) groups excluding carboxylic acids is 2. The van der Waals surface area contributed by atoms with Crippen molar-refractivity contribution < 1.29 is 22.8 Å². The zero-order valence-corrected chi connectivity index (χ0v) is 13.0. The number of rotatable bonds is 3. The Labute approximate surface area is 137 Å².